The van der Waals surface area contributed by atoms with E-state index in [9.17, 15) is 0 Å². The van der Waals surface area contributed by atoms with Crippen LogP contribution >= 0.6 is 0 Å². The molecular formula is C23H16N2. The van der Waals surface area contributed by atoms with Crippen molar-refractivity contribution in [2.45, 2.75) is 6.92 Å². The van der Waals surface area contributed by atoms with Crippen molar-refractivity contribution in [3.05, 3.63) is 84.6 Å². The molecule has 0 aliphatic carbocycles. The Kier molecular flexibility index (Phi) is 3.04. The van der Waals surface area contributed by atoms with Crippen LogP contribution in [0.4, 0.5) is 0 Å². The zero-order valence-corrected chi connectivity index (χ0v) is 13.9. The summed E-state index contributed by atoms with van der Waals surface area (Å²) in [6.45, 7) is 2.10. The smallest absolute Gasteiger partial charge is 0.0979 e. The molecule has 0 fully saturated rings. The lowest BCUT2D eigenvalue weighted by molar-refractivity contribution is 1.30. The zero-order chi connectivity index (χ0) is 16.8. The summed E-state index contributed by atoms with van der Waals surface area (Å²) in [4.78, 5) is 9.81. The van der Waals surface area contributed by atoms with Gasteiger partial charge in [0.25, 0.3) is 0 Å². The highest BCUT2D eigenvalue weighted by atomic mass is 14.8. The quantitative estimate of drug-likeness (QED) is 0.359. The molecule has 1 aromatic heterocycles. The molecular weight excluding hydrogens is 304 g/mol. The van der Waals surface area contributed by atoms with Crippen LogP contribution in [-0.4, -0.2) is 9.97 Å². The van der Waals surface area contributed by atoms with Gasteiger partial charge in [-0.15, -0.1) is 0 Å². The number of aryl methyl sites for hydroxylation is 1. The summed E-state index contributed by atoms with van der Waals surface area (Å²) in [5.41, 5.74) is 5.17. The van der Waals surface area contributed by atoms with Crippen LogP contribution in [0.5, 0.6) is 0 Å². The van der Waals surface area contributed by atoms with Crippen molar-refractivity contribution >= 4 is 32.6 Å². The van der Waals surface area contributed by atoms with Gasteiger partial charge in [-0.3, -0.25) is 4.98 Å². The molecule has 2 heteroatoms. The van der Waals surface area contributed by atoms with Crippen LogP contribution < -0.4 is 0 Å². The summed E-state index contributed by atoms with van der Waals surface area (Å²) in [5, 5.41) is 4.75. The highest BCUT2D eigenvalue weighted by Gasteiger charge is 2.11. The fourth-order valence-corrected chi connectivity index (χ4v) is 3.57. The molecule has 5 rings (SSSR count). The molecule has 0 saturated carbocycles. The molecule has 2 nitrogen and oxygen atoms in total. The Balaban J connectivity index is 1.93. The van der Waals surface area contributed by atoms with E-state index in [1.54, 1.807) is 0 Å². The summed E-state index contributed by atoms with van der Waals surface area (Å²) >= 11 is 0. The second-order valence-electron chi connectivity index (χ2n) is 6.41. The van der Waals surface area contributed by atoms with Gasteiger partial charge in [-0.25, -0.2) is 4.98 Å². The van der Waals surface area contributed by atoms with Crippen molar-refractivity contribution in [2.75, 3.05) is 0 Å². The first-order valence-electron chi connectivity index (χ1n) is 8.44. The van der Waals surface area contributed by atoms with Crippen LogP contribution in [-0.2, 0) is 0 Å². The van der Waals surface area contributed by atoms with Gasteiger partial charge in [0, 0.05) is 16.3 Å². The molecule has 0 amide bonds. The van der Waals surface area contributed by atoms with Crippen molar-refractivity contribution in [3.8, 4) is 11.3 Å². The van der Waals surface area contributed by atoms with Crippen LogP contribution in [0, 0.1) is 6.92 Å². The molecule has 0 aliphatic rings. The van der Waals surface area contributed by atoms with E-state index in [0.717, 1.165) is 33.1 Å². The van der Waals surface area contributed by atoms with E-state index in [1.807, 2.05) is 6.20 Å². The third-order valence-corrected chi connectivity index (χ3v) is 4.74. The molecule has 0 radical (unpaired) electrons. The number of rotatable bonds is 1. The van der Waals surface area contributed by atoms with Crippen LogP contribution in [0.2, 0.25) is 0 Å². The molecule has 0 bridgehead atoms. The minimum absolute atomic E-state index is 0.914. The van der Waals surface area contributed by atoms with E-state index >= 15 is 0 Å². The predicted molar refractivity (Wildman–Crippen MR) is 105 cm³/mol. The van der Waals surface area contributed by atoms with Crippen molar-refractivity contribution in [2.24, 2.45) is 0 Å². The topological polar surface area (TPSA) is 25.8 Å². The largest absolute Gasteiger partial charge is 0.252 e. The third kappa shape index (κ3) is 2.18. The van der Waals surface area contributed by atoms with Crippen molar-refractivity contribution in [1.29, 1.82) is 0 Å². The summed E-state index contributed by atoms with van der Waals surface area (Å²) in [5.74, 6) is 0. The normalized spacial score (nSPS) is 11.4. The lowest BCUT2D eigenvalue weighted by Gasteiger charge is -2.10. The lowest BCUT2D eigenvalue weighted by atomic mass is 9.99. The predicted octanol–water partition coefficient (Wildman–Crippen LogP) is 5.91. The Morgan fingerprint density at radius 1 is 0.640 bits per heavy atom. The molecule has 25 heavy (non-hydrogen) atoms. The first kappa shape index (κ1) is 14.1. The SMILES string of the molecule is Cc1cccc(-c2cnc3c4ccccc4c4ccccc4c3n2)c1. The molecule has 0 aliphatic heterocycles. The fourth-order valence-electron chi connectivity index (χ4n) is 3.57. The van der Waals surface area contributed by atoms with Gasteiger partial charge >= 0.3 is 0 Å². The number of benzene rings is 4. The highest BCUT2D eigenvalue weighted by Crippen LogP contribution is 2.33. The van der Waals surface area contributed by atoms with Gasteiger partial charge < -0.3 is 0 Å². The summed E-state index contributed by atoms with van der Waals surface area (Å²) in [6, 6.07) is 25.3. The van der Waals surface area contributed by atoms with E-state index in [2.05, 4.69) is 79.7 Å². The van der Waals surface area contributed by atoms with Crippen LogP contribution in [0.15, 0.2) is 79.0 Å². The molecule has 1 heterocycles. The first-order valence-corrected chi connectivity index (χ1v) is 8.44. The van der Waals surface area contributed by atoms with Gasteiger partial charge in [-0.2, -0.15) is 0 Å². The van der Waals surface area contributed by atoms with E-state index in [1.165, 1.54) is 16.3 Å². The number of hydrogen-bond donors (Lipinski definition) is 0. The molecule has 5 aromatic rings. The van der Waals surface area contributed by atoms with Crippen molar-refractivity contribution in [3.63, 3.8) is 0 Å². The van der Waals surface area contributed by atoms with E-state index in [4.69, 9.17) is 9.97 Å². The Hall–Kier alpha value is -3.26. The van der Waals surface area contributed by atoms with E-state index in [-0.39, 0.29) is 0 Å². The minimum Gasteiger partial charge on any atom is -0.252 e. The number of aromatic nitrogens is 2. The second kappa shape index (κ2) is 5.38. The monoisotopic (exact) mass is 320 g/mol. The van der Waals surface area contributed by atoms with Gasteiger partial charge in [0.2, 0.25) is 0 Å². The second-order valence-corrected chi connectivity index (χ2v) is 6.41. The third-order valence-electron chi connectivity index (χ3n) is 4.74. The zero-order valence-electron chi connectivity index (χ0n) is 13.9. The Morgan fingerprint density at radius 3 is 1.96 bits per heavy atom. The summed E-state index contributed by atoms with van der Waals surface area (Å²) < 4.78 is 0. The Morgan fingerprint density at radius 2 is 1.28 bits per heavy atom. The maximum Gasteiger partial charge on any atom is 0.0979 e. The number of fused-ring (bicyclic) bond motifs is 6. The number of nitrogens with zero attached hydrogens (tertiary/aromatic N) is 2. The van der Waals surface area contributed by atoms with Crippen LogP contribution in [0.1, 0.15) is 5.56 Å². The molecule has 118 valence electrons. The standard InChI is InChI=1S/C23H16N2/c1-15-7-6-8-16(13-15)21-14-24-22-19-11-4-2-9-17(19)18-10-3-5-12-20(18)23(22)25-21/h2-14H,1H3. The fraction of sp³-hybridized carbons (Fsp3) is 0.0435. The van der Waals surface area contributed by atoms with Gasteiger partial charge in [-0.05, 0) is 23.8 Å². The number of hydrogen-bond acceptors (Lipinski definition) is 2. The van der Waals surface area contributed by atoms with Crippen molar-refractivity contribution < 1.29 is 0 Å². The average molecular weight is 320 g/mol. The average Bonchev–Trinajstić information content (AvgIpc) is 2.68. The van der Waals surface area contributed by atoms with Crippen LogP contribution in [0.3, 0.4) is 0 Å². The maximum absolute atomic E-state index is 5.00. The molecule has 0 saturated heterocycles. The molecule has 4 aromatic carbocycles. The summed E-state index contributed by atoms with van der Waals surface area (Å²) in [6.07, 6.45) is 1.89. The minimum atomic E-state index is 0.914. The van der Waals surface area contributed by atoms with Crippen LogP contribution in [0.25, 0.3) is 43.8 Å². The highest BCUT2D eigenvalue weighted by molar-refractivity contribution is 6.23. The summed E-state index contributed by atoms with van der Waals surface area (Å²) in [7, 11) is 0. The van der Waals surface area contributed by atoms with Gasteiger partial charge in [0.15, 0.2) is 0 Å². The van der Waals surface area contributed by atoms with Crippen molar-refractivity contribution in [1.82, 2.24) is 9.97 Å². The van der Waals surface area contributed by atoms with E-state index in [0.29, 0.717) is 0 Å². The molecule has 0 N–H and O–H groups in total. The molecule has 0 spiro atoms. The Labute approximate surface area is 145 Å². The van der Waals surface area contributed by atoms with Gasteiger partial charge in [-0.1, -0.05) is 72.3 Å². The Bertz CT molecular complexity index is 1220. The van der Waals surface area contributed by atoms with Gasteiger partial charge in [0.1, 0.15) is 0 Å². The maximum atomic E-state index is 5.00. The van der Waals surface area contributed by atoms with E-state index < -0.39 is 0 Å². The molecule has 0 unspecified atom stereocenters. The molecule has 0 atom stereocenters. The first-order chi connectivity index (χ1) is 12.3. The van der Waals surface area contributed by atoms with Gasteiger partial charge in [0.05, 0.1) is 22.9 Å². The lowest BCUT2D eigenvalue weighted by Crippen LogP contribution is -1.92.